The predicted octanol–water partition coefficient (Wildman–Crippen LogP) is 2.82. The minimum absolute atomic E-state index is 0.0263. The van der Waals surface area contributed by atoms with Crippen molar-refractivity contribution in [2.75, 3.05) is 21.9 Å². The molecule has 30 heavy (non-hydrogen) atoms. The van der Waals surface area contributed by atoms with E-state index in [0.717, 1.165) is 17.2 Å². The molecule has 0 radical (unpaired) electrons. The van der Waals surface area contributed by atoms with Gasteiger partial charge < -0.3 is 4.74 Å². The third-order valence-corrected chi connectivity index (χ3v) is 8.44. The molecule has 0 saturated carbocycles. The topological polar surface area (TPSA) is 110 Å². The summed E-state index contributed by atoms with van der Waals surface area (Å²) < 4.78 is 59.6. The highest BCUT2D eigenvalue weighted by Gasteiger charge is 2.50. The van der Waals surface area contributed by atoms with Gasteiger partial charge in [0.1, 0.15) is 10.6 Å². The molecule has 1 N–H and O–H groups in total. The molecule has 0 spiro atoms. The van der Waals surface area contributed by atoms with Gasteiger partial charge >= 0.3 is 0 Å². The molecule has 2 aromatic rings. The van der Waals surface area contributed by atoms with E-state index in [2.05, 4.69) is 4.72 Å². The fraction of sp³-hybridized carbons (Fsp3) is 0.350. The zero-order valence-electron chi connectivity index (χ0n) is 17.4. The molecule has 3 rings (SSSR count). The van der Waals surface area contributed by atoms with Crippen LogP contribution in [-0.2, 0) is 24.8 Å². The minimum atomic E-state index is -4.13. The van der Waals surface area contributed by atoms with Crippen LogP contribution in [0.15, 0.2) is 41.3 Å². The van der Waals surface area contributed by atoms with E-state index in [0.29, 0.717) is 9.99 Å². The molecule has 0 aliphatic carbocycles. The van der Waals surface area contributed by atoms with Crippen LogP contribution < -0.4 is 13.8 Å². The van der Waals surface area contributed by atoms with Gasteiger partial charge in [0, 0.05) is 5.69 Å². The van der Waals surface area contributed by atoms with E-state index in [1.807, 2.05) is 13.8 Å². The number of nitrogens with zero attached hydrogens (tertiary/aromatic N) is 1. The summed E-state index contributed by atoms with van der Waals surface area (Å²) in [5.41, 5.74) is 1.13. The number of ether oxygens (including phenoxy) is 1. The Hall–Kier alpha value is -2.59. The lowest BCUT2D eigenvalue weighted by Crippen LogP contribution is -2.33. The van der Waals surface area contributed by atoms with Gasteiger partial charge in [-0.3, -0.25) is 9.52 Å². The lowest BCUT2D eigenvalue weighted by atomic mass is 9.95. The number of amides is 1. The second-order valence-corrected chi connectivity index (χ2v) is 11.4. The van der Waals surface area contributed by atoms with Crippen molar-refractivity contribution in [2.45, 2.75) is 32.6 Å². The molecule has 0 bridgehead atoms. The van der Waals surface area contributed by atoms with E-state index in [9.17, 15) is 21.6 Å². The first kappa shape index (κ1) is 22.1. The Balaban J connectivity index is 2.09. The third kappa shape index (κ3) is 3.89. The normalized spacial score (nSPS) is 17.8. The van der Waals surface area contributed by atoms with Crippen LogP contribution in [0.1, 0.15) is 25.0 Å². The molecule has 1 saturated heterocycles. The summed E-state index contributed by atoms with van der Waals surface area (Å²) in [6, 6.07) is 8.94. The molecule has 2 aromatic carbocycles. The number of methoxy groups -OCH3 is 1. The first-order chi connectivity index (χ1) is 13.8. The van der Waals surface area contributed by atoms with Crippen LogP contribution in [0.3, 0.4) is 0 Å². The minimum Gasteiger partial charge on any atom is -0.495 e. The maximum Gasteiger partial charge on any atom is 0.265 e. The van der Waals surface area contributed by atoms with Crippen molar-refractivity contribution < 1.29 is 26.4 Å². The summed E-state index contributed by atoms with van der Waals surface area (Å²) in [7, 11) is -6.74. The summed E-state index contributed by atoms with van der Waals surface area (Å²) in [5, 5.41) is 0. The van der Waals surface area contributed by atoms with Gasteiger partial charge in [0.15, 0.2) is 0 Å². The van der Waals surface area contributed by atoms with Crippen molar-refractivity contribution in [3.8, 4) is 5.75 Å². The molecule has 1 aliphatic rings. The summed E-state index contributed by atoms with van der Waals surface area (Å²) in [5.74, 6) is -0.940. The van der Waals surface area contributed by atoms with E-state index >= 15 is 0 Å². The van der Waals surface area contributed by atoms with E-state index < -0.39 is 31.4 Å². The second kappa shape index (κ2) is 7.28. The Bertz CT molecular complexity index is 1230. The van der Waals surface area contributed by atoms with Gasteiger partial charge in [-0.2, -0.15) is 0 Å². The van der Waals surface area contributed by atoms with Crippen LogP contribution in [0.4, 0.5) is 11.4 Å². The summed E-state index contributed by atoms with van der Waals surface area (Å²) in [4.78, 5) is 12.4. The van der Waals surface area contributed by atoms with Crippen molar-refractivity contribution in [1.29, 1.82) is 0 Å². The molecular formula is C20H24N2O6S2. The van der Waals surface area contributed by atoms with Gasteiger partial charge in [0.2, 0.25) is 15.9 Å². The number of sulfonamides is 2. The van der Waals surface area contributed by atoms with Gasteiger partial charge in [-0.1, -0.05) is 6.07 Å². The fourth-order valence-electron chi connectivity index (χ4n) is 3.28. The van der Waals surface area contributed by atoms with Gasteiger partial charge in [-0.25, -0.2) is 21.1 Å². The Morgan fingerprint density at radius 1 is 1.07 bits per heavy atom. The summed E-state index contributed by atoms with van der Waals surface area (Å²) in [6.07, 6.45) is 0. The first-order valence-electron chi connectivity index (χ1n) is 9.14. The smallest absolute Gasteiger partial charge is 0.265 e. The highest BCUT2D eigenvalue weighted by molar-refractivity contribution is 7.94. The summed E-state index contributed by atoms with van der Waals surface area (Å²) >= 11 is 0. The van der Waals surface area contributed by atoms with Gasteiger partial charge in [-0.05, 0) is 69.2 Å². The Kier molecular flexibility index (Phi) is 5.36. The van der Waals surface area contributed by atoms with Crippen molar-refractivity contribution in [2.24, 2.45) is 5.41 Å². The van der Waals surface area contributed by atoms with Gasteiger partial charge in [0.05, 0.1) is 24.0 Å². The Morgan fingerprint density at radius 3 is 2.27 bits per heavy atom. The maximum atomic E-state index is 13.1. The molecule has 1 amide bonds. The number of carbonyl (C=O) groups is 1. The van der Waals surface area contributed by atoms with E-state index in [4.69, 9.17) is 4.74 Å². The van der Waals surface area contributed by atoms with Crippen molar-refractivity contribution in [3.63, 3.8) is 0 Å². The second-order valence-electron chi connectivity index (χ2n) is 7.95. The average molecular weight is 453 g/mol. The highest BCUT2D eigenvalue weighted by Crippen LogP contribution is 2.38. The summed E-state index contributed by atoms with van der Waals surface area (Å²) in [6.45, 7) is 6.85. The fourth-order valence-corrected chi connectivity index (χ4v) is 6.62. The number of hydrogen-bond acceptors (Lipinski definition) is 6. The van der Waals surface area contributed by atoms with Crippen molar-refractivity contribution >= 4 is 37.3 Å². The quantitative estimate of drug-likeness (QED) is 0.747. The molecule has 0 unspecified atom stereocenters. The molecule has 0 atom stereocenters. The number of anilines is 2. The molecule has 1 fully saturated rings. The number of hydrogen-bond donors (Lipinski definition) is 1. The molecule has 162 valence electrons. The highest BCUT2D eigenvalue weighted by atomic mass is 32.2. The van der Waals surface area contributed by atoms with Crippen LogP contribution >= 0.6 is 0 Å². The lowest BCUT2D eigenvalue weighted by molar-refractivity contribution is -0.123. The first-order valence-corrected chi connectivity index (χ1v) is 12.2. The predicted molar refractivity (Wildman–Crippen MR) is 115 cm³/mol. The average Bonchev–Trinajstić information content (AvgIpc) is 2.80. The van der Waals surface area contributed by atoms with Crippen molar-refractivity contribution in [1.82, 2.24) is 0 Å². The van der Waals surface area contributed by atoms with Crippen LogP contribution in [-0.4, -0.2) is 35.6 Å². The molecule has 8 nitrogen and oxygen atoms in total. The SMILES string of the molecule is COc1ccc(N2C(=O)C(C)(C)CS2(=O)=O)cc1S(=O)(=O)Nc1ccc(C)c(C)c1. The molecule has 1 heterocycles. The van der Waals surface area contributed by atoms with Gasteiger partial charge in [-0.15, -0.1) is 0 Å². The largest absolute Gasteiger partial charge is 0.495 e. The zero-order valence-corrected chi connectivity index (χ0v) is 19.0. The van der Waals surface area contributed by atoms with Crippen LogP contribution in [0.25, 0.3) is 0 Å². The standard InChI is InChI=1S/C20H24N2O6S2/c1-13-6-7-15(10-14(13)2)21-30(26,27)18-11-16(8-9-17(18)28-5)22-19(23)20(3,4)12-29(22,24)25/h6-11,21H,12H2,1-5H3. The monoisotopic (exact) mass is 452 g/mol. The number of rotatable bonds is 5. The molecule has 0 aromatic heterocycles. The van der Waals surface area contributed by atoms with Crippen LogP contribution in [0.2, 0.25) is 0 Å². The zero-order chi connectivity index (χ0) is 22.5. The Labute approximate surface area is 177 Å². The molecule has 10 heteroatoms. The van der Waals surface area contributed by atoms with E-state index in [-0.39, 0.29) is 22.1 Å². The van der Waals surface area contributed by atoms with Crippen molar-refractivity contribution in [3.05, 3.63) is 47.5 Å². The molecular weight excluding hydrogens is 428 g/mol. The number of nitrogens with one attached hydrogen (secondary N) is 1. The maximum absolute atomic E-state index is 13.1. The van der Waals surface area contributed by atoms with Crippen LogP contribution in [0.5, 0.6) is 5.75 Å². The number of aryl methyl sites for hydroxylation is 2. The number of carbonyl (C=O) groups excluding carboxylic acids is 1. The van der Waals surface area contributed by atoms with Crippen LogP contribution in [0, 0.1) is 19.3 Å². The lowest BCUT2D eigenvalue weighted by Gasteiger charge is -2.19. The molecule has 1 aliphatic heterocycles. The van der Waals surface area contributed by atoms with E-state index in [1.54, 1.807) is 18.2 Å². The van der Waals surface area contributed by atoms with Gasteiger partial charge in [0.25, 0.3) is 10.0 Å². The number of benzene rings is 2. The van der Waals surface area contributed by atoms with E-state index in [1.165, 1.54) is 33.1 Å². The third-order valence-electron chi connectivity index (χ3n) is 5.02. The Morgan fingerprint density at radius 2 is 1.73 bits per heavy atom.